The van der Waals surface area contributed by atoms with E-state index in [-0.39, 0.29) is 5.54 Å². The number of hydrogen-bond donors (Lipinski definition) is 1. The highest BCUT2D eigenvalue weighted by atomic mass is 16.5. The summed E-state index contributed by atoms with van der Waals surface area (Å²) in [6, 6.07) is 0. The predicted octanol–water partition coefficient (Wildman–Crippen LogP) is 2.25. The van der Waals surface area contributed by atoms with Crippen molar-refractivity contribution in [3.63, 3.8) is 0 Å². The smallest absolute Gasteiger partial charge is 0.0484 e. The van der Waals surface area contributed by atoms with Crippen LogP contribution in [0.5, 0.6) is 0 Å². The van der Waals surface area contributed by atoms with Gasteiger partial charge in [-0.3, -0.25) is 4.90 Å². The Morgan fingerprint density at radius 2 is 2.11 bits per heavy atom. The van der Waals surface area contributed by atoms with Gasteiger partial charge in [-0.05, 0) is 63.3 Å². The second kappa shape index (κ2) is 5.71. The molecule has 19 heavy (non-hydrogen) atoms. The molecule has 1 saturated heterocycles. The average Bonchev–Trinajstić information content (AvgIpc) is 2.94. The van der Waals surface area contributed by atoms with Gasteiger partial charge in [0.15, 0.2) is 0 Å². The largest absolute Gasteiger partial charge is 0.381 e. The molecule has 2 saturated carbocycles. The van der Waals surface area contributed by atoms with Crippen molar-refractivity contribution in [2.24, 2.45) is 23.5 Å². The fraction of sp³-hybridized carbons (Fsp3) is 1.00. The van der Waals surface area contributed by atoms with Crippen LogP contribution < -0.4 is 5.73 Å². The molecule has 0 spiro atoms. The maximum atomic E-state index is 6.16. The molecule has 3 fully saturated rings. The normalized spacial score (nSPS) is 42.8. The van der Waals surface area contributed by atoms with Crippen molar-refractivity contribution in [1.29, 1.82) is 0 Å². The first-order valence-electron chi connectivity index (χ1n) is 8.22. The highest BCUT2D eigenvalue weighted by Crippen LogP contribution is 2.48. The Labute approximate surface area is 117 Å². The van der Waals surface area contributed by atoms with Crippen molar-refractivity contribution in [1.82, 2.24) is 4.90 Å². The molecular weight excluding hydrogens is 236 g/mol. The highest BCUT2D eigenvalue weighted by molar-refractivity contribution is 4.96. The molecule has 0 amide bonds. The first-order chi connectivity index (χ1) is 9.23. The molecule has 3 rings (SSSR count). The number of nitrogens with zero attached hydrogens (tertiary/aromatic N) is 1. The summed E-state index contributed by atoms with van der Waals surface area (Å²) in [5.41, 5.74) is 6.37. The van der Waals surface area contributed by atoms with Gasteiger partial charge < -0.3 is 10.5 Å². The van der Waals surface area contributed by atoms with Gasteiger partial charge in [0.25, 0.3) is 0 Å². The Morgan fingerprint density at radius 1 is 1.21 bits per heavy atom. The number of likely N-dealkylation sites (N-methyl/N-ethyl adjacent to an activating group) is 1. The van der Waals surface area contributed by atoms with Gasteiger partial charge in [-0.15, -0.1) is 0 Å². The maximum Gasteiger partial charge on any atom is 0.0484 e. The Morgan fingerprint density at radius 3 is 2.79 bits per heavy atom. The Balaban J connectivity index is 1.62. The summed E-state index contributed by atoms with van der Waals surface area (Å²) < 4.78 is 5.64. The van der Waals surface area contributed by atoms with Crippen molar-refractivity contribution in [2.75, 3.05) is 33.4 Å². The van der Waals surface area contributed by atoms with Gasteiger partial charge in [0.05, 0.1) is 0 Å². The third kappa shape index (κ3) is 2.70. The van der Waals surface area contributed by atoms with Gasteiger partial charge in [-0.2, -0.15) is 0 Å². The molecule has 2 bridgehead atoms. The van der Waals surface area contributed by atoms with E-state index in [1.165, 1.54) is 38.6 Å². The molecule has 1 aliphatic heterocycles. The zero-order chi connectivity index (χ0) is 13.3. The van der Waals surface area contributed by atoms with E-state index < -0.39 is 0 Å². The van der Waals surface area contributed by atoms with E-state index in [0.717, 1.165) is 50.4 Å². The molecular formula is C16H30N2O. The Bertz CT molecular complexity index is 299. The van der Waals surface area contributed by atoms with Gasteiger partial charge in [0.1, 0.15) is 0 Å². The molecule has 110 valence electrons. The van der Waals surface area contributed by atoms with Crippen LogP contribution in [-0.2, 0) is 4.74 Å². The minimum absolute atomic E-state index is 0.207. The molecule has 0 aromatic heterocycles. The first kappa shape index (κ1) is 13.8. The Hall–Kier alpha value is -0.120. The third-order valence-corrected chi connectivity index (χ3v) is 6.23. The lowest BCUT2D eigenvalue weighted by Gasteiger charge is -2.42. The molecule has 0 radical (unpaired) electrons. The summed E-state index contributed by atoms with van der Waals surface area (Å²) in [4.78, 5) is 2.60. The zero-order valence-electron chi connectivity index (χ0n) is 12.4. The number of ether oxygens (including phenoxy) is 1. The summed E-state index contributed by atoms with van der Waals surface area (Å²) in [6.07, 6.45) is 9.46. The van der Waals surface area contributed by atoms with Crippen LogP contribution in [0.15, 0.2) is 0 Å². The first-order valence-corrected chi connectivity index (χ1v) is 8.22. The van der Waals surface area contributed by atoms with Crippen LogP contribution >= 0.6 is 0 Å². The summed E-state index contributed by atoms with van der Waals surface area (Å²) in [5.74, 6) is 3.01. The predicted molar refractivity (Wildman–Crippen MR) is 78.0 cm³/mol. The molecule has 4 atom stereocenters. The van der Waals surface area contributed by atoms with Crippen molar-refractivity contribution in [3.8, 4) is 0 Å². The maximum absolute atomic E-state index is 6.16. The van der Waals surface area contributed by atoms with Crippen LogP contribution in [0.4, 0.5) is 0 Å². The standard InChI is InChI=1S/C16H30N2O/c1-18(11-15-10-13-3-4-14(15)9-13)16(12-17)5-2-7-19-8-6-16/h13-15H,2-12,17H2,1H3. The minimum Gasteiger partial charge on any atom is -0.381 e. The van der Waals surface area contributed by atoms with Gasteiger partial charge >= 0.3 is 0 Å². The SMILES string of the molecule is CN(CC1CC2CCC1C2)C1(CN)CCCOCC1. The summed E-state index contributed by atoms with van der Waals surface area (Å²) in [7, 11) is 2.31. The van der Waals surface area contributed by atoms with E-state index in [0.29, 0.717) is 0 Å². The molecule has 0 aromatic rings. The van der Waals surface area contributed by atoms with Crippen LogP contribution in [0.2, 0.25) is 0 Å². The highest BCUT2D eigenvalue weighted by Gasteiger charge is 2.42. The molecule has 2 aliphatic carbocycles. The summed E-state index contributed by atoms with van der Waals surface area (Å²) >= 11 is 0. The number of rotatable bonds is 4. The van der Waals surface area contributed by atoms with Crippen LogP contribution in [0.1, 0.15) is 44.9 Å². The van der Waals surface area contributed by atoms with Crippen molar-refractivity contribution in [3.05, 3.63) is 0 Å². The van der Waals surface area contributed by atoms with E-state index >= 15 is 0 Å². The van der Waals surface area contributed by atoms with Gasteiger partial charge in [-0.25, -0.2) is 0 Å². The molecule has 0 aromatic carbocycles. The van der Waals surface area contributed by atoms with E-state index in [1.807, 2.05) is 0 Å². The molecule has 1 heterocycles. The molecule has 3 heteroatoms. The van der Waals surface area contributed by atoms with Crippen LogP contribution in [-0.4, -0.2) is 43.8 Å². The monoisotopic (exact) mass is 266 g/mol. The van der Waals surface area contributed by atoms with Crippen LogP contribution in [0, 0.1) is 17.8 Å². The molecule has 3 nitrogen and oxygen atoms in total. The second-order valence-electron chi connectivity index (χ2n) is 7.21. The van der Waals surface area contributed by atoms with Gasteiger partial charge in [-0.1, -0.05) is 6.42 Å². The molecule has 4 unspecified atom stereocenters. The molecule has 2 N–H and O–H groups in total. The van der Waals surface area contributed by atoms with E-state index in [1.54, 1.807) is 0 Å². The Kier molecular flexibility index (Phi) is 4.16. The summed E-state index contributed by atoms with van der Waals surface area (Å²) in [5, 5.41) is 0. The van der Waals surface area contributed by atoms with E-state index in [9.17, 15) is 0 Å². The summed E-state index contributed by atoms with van der Waals surface area (Å²) in [6.45, 7) is 3.86. The molecule has 3 aliphatic rings. The van der Waals surface area contributed by atoms with Crippen LogP contribution in [0.25, 0.3) is 0 Å². The zero-order valence-corrected chi connectivity index (χ0v) is 12.4. The quantitative estimate of drug-likeness (QED) is 0.848. The average molecular weight is 266 g/mol. The lowest BCUT2D eigenvalue weighted by atomic mass is 9.84. The van der Waals surface area contributed by atoms with E-state index in [2.05, 4.69) is 11.9 Å². The van der Waals surface area contributed by atoms with Crippen molar-refractivity contribution < 1.29 is 4.74 Å². The van der Waals surface area contributed by atoms with Crippen LogP contribution in [0.3, 0.4) is 0 Å². The minimum atomic E-state index is 0.207. The fourth-order valence-corrected chi connectivity index (χ4v) is 4.88. The lowest BCUT2D eigenvalue weighted by molar-refractivity contribution is 0.0668. The van der Waals surface area contributed by atoms with Crippen molar-refractivity contribution in [2.45, 2.75) is 50.5 Å². The van der Waals surface area contributed by atoms with Crippen molar-refractivity contribution >= 4 is 0 Å². The number of nitrogens with two attached hydrogens (primary N) is 1. The lowest BCUT2D eigenvalue weighted by Crippen LogP contribution is -2.54. The topological polar surface area (TPSA) is 38.5 Å². The third-order valence-electron chi connectivity index (χ3n) is 6.23. The number of hydrogen-bond acceptors (Lipinski definition) is 3. The van der Waals surface area contributed by atoms with E-state index in [4.69, 9.17) is 10.5 Å². The van der Waals surface area contributed by atoms with Gasteiger partial charge in [0, 0.05) is 31.8 Å². The number of fused-ring (bicyclic) bond motifs is 2. The second-order valence-corrected chi connectivity index (χ2v) is 7.21. The fourth-order valence-electron chi connectivity index (χ4n) is 4.88. The van der Waals surface area contributed by atoms with Gasteiger partial charge in [0.2, 0.25) is 0 Å².